The molecule has 0 aliphatic rings. The standard InChI is InChI=1S/C11H8F3NS/c1-7-15-9-3-2-8(6-10(9)16-7)4-5-11(12,13)14/h2-6H,1H3. The van der Waals surface area contributed by atoms with Gasteiger partial charge < -0.3 is 0 Å². The first-order valence-corrected chi connectivity index (χ1v) is 5.39. The number of alkyl halides is 3. The second kappa shape index (κ2) is 3.90. The molecule has 0 fully saturated rings. The van der Waals surface area contributed by atoms with E-state index >= 15 is 0 Å². The molecule has 0 unspecified atom stereocenters. The third-order valence-corrected chi connectivity index (χ3v) is 2.92. The van der Waals surface area contributed by atoms with E-state index in [0.29, 0.717) is 5.56 Å². The van der Waals surface area contributed by atoms with E-state index in [1.807, 2.05) is 6.92 Å². The van der Waals surface area contributed by atoms with Crippen molar-refractivity contribution in [2.75, 3.05) is 0 Å². The van der Waals surface area contributed by atoms with Crippen LogP contribution in [0.15, 0.2) is 24.3 Å². The number of rotatable bonds is 1. The molecule has 1 aromatic carbocycles. The summed E-state index contributed by atoms with van der Waals surface area (Å²) in [6.07, 6.45) is -2.96. The zero-order chi connectivity index (χ0) is 11.8. The molecule has 0 aliphatic carbocycles. The van der Waals surface area contributed by atoms with E-state index in [-0.39, 0.29) is 6.08 Å². The van der Waals surface area contributed by atoms with Gasteiger partial charge in [0.25, 0.3) is 0 Å². The summed E-state index contributed by atoms with van der Waals surface area (Å²) in [7, 11) is 0. The molecule has 84 valence electrons. The Bertz CT molecular complexity index is 540. The first kappa shape index (κ1) is 11.1. The van der Waals surface area contributed by atoms with Gasteiger partial charge in [0.2, 0.25) is 0 Å². The van der Waals surface area contributed by atoms with Crippen LogP contribution in [0.2, 0.25) is 0 Å². The third kappa shape index (κ3) is 2.61. The van der Waals surface area contributed by atoms with E-state index in [2.05, 4.69) is 4.98 Å². The Morgan fingerprint density at radius 2 is 2.06 bits per heavy atom. The molecule has 0 amide bonds. The Labute approximate surface area is 94.2 Å². The van der Waals surface area contributed by atoms with Crippen LogP contribution in [0, 0.1) is 6.92 Å². The number of allylic oxidation sites excluding steroid dienone is 1. The van der Waals surface area contributed by atoms with Crippen LogP contribution in [0.5, 0.6) is 0 Å². The number of thiazole rings is 1. The molecule has 2 rings (SSSR count). The Hall–Kier alpha value is -1.36. The minimum atomic E-state index is -4.27. The molecule has 0 bridgehead atoms. The zero-order valence-corrected chi connectivity index (χ0v) is 9.19. The lowest BCUT2D eigenvalue weighted by Crippen LogP contribution is -1.99. The quantitative estimate of drug-likeness (QED) is 0.732. The molecule has 16 heavy (non-hydrogen) atoms. The highest BCUT2D eigenvalue weighted by atomic mass is 32.1. The lowest BCUT2D eigenvalue weighted by molar-refractivity contribution is -0.0790. The van der Waals surface area contributed by atoms with Crippen LogP contribution in [0.3, 0.4) is 0 Å². The third-order valence-electron chi connectivity index (χ3n) is 1.98. The summed E-state index contributed by atoms with van der Waals surface area (Å²) in [6.45, 7) is 1.87. The van der Waals surface area contributed by atoms with Crippen LogP contribution in [0.1, 0.15) is 10.6 Å². The minimum absolute atomic E-state index is 0.238. The molecular weight excluding hydrogens is 235 g/mol. The van der Waals surface area contributed by atoms with Gasteiger partial charge in [0.15, 0.2) is 0 Å². The van der Waals surface area contributed by atoms with Crippen LogP contribution in [-0.4, -0.2) is 11.2 Å². The molecule has 0 saturated carbocycles. The van der Waals surface area contributed by atoms with E-state index in [9.17, 15) is 13.2 Å². The number of aromatic nitrogens is 1. The lowest BCUT2D eigenvalue weighted by Gasteiger charge is -1.97. The van der Waals surface area contributed by atoms with Gasteiger partial charge in [0.1, 0.15) is 0 Å². The second-order valence-corrected chi connectivity index (χ2v) is 4.57. The van der Waals surface area contributed by atoms with Crippen LogP contribution >= 0.6 is 11.3 Å². The van der Waals surface area contributed by atoms with Crippen molar-refractivity contribution in [2.45, 2.75) is 13.1 Å². The molecule has 1 heterocycles. The monoisotopic (exact) mass is 243 g/mol. The normalized spacial score (nSPS) is 12.8. The SMILES string of the molecule is Cc1nc2ccc(C=CC(F)(F)F)cc2s1. The van der Waals surface area contributed by atoms with E-state index in [4.69, 9.17) is 0 Å². The summed E-state index contributed by atoms with van der Waals surface area (Å²) in [5.41, 5.74) is 1.36. The highest BCUT2D eigenvalue weighted by Gasteiger charge is 2.21. The van der Waals surface area contributed by atoms with Crippen LogP contribution < -0.4 is 0 Å². The largest absolute Gasteiger partial charge is 0.409 e. The molecule has 2 aromatic rings. The molecule has 0 aliphatic heterocycles. The fraction of sp³-hybridized carbons (Fsp3) is 0.182. The van der Waals surface area contributed by atoms with Gasteiger partial charge in [-0.3, -0.25) is 0 Å². The number of nitrogens with zero attached hydrogens (tertiary/aromatic N) is 1. The molecule has 5 heteroatoms. The first-order valence-electron chi connectivity index (χ1n) is 4.57. The maximum absolute atomic E-state index is 12.0. The number of fused-ring (bicyclic) bond motifs is 1. The summed E-state index contributed by atoms with van der Waals surface area (Å²) in [5, 5.41) is 0.909. The van der Waals surface area contributed by atoms with Crippen molar-refractivity contribution in [2.24, 2.45) is 0 Å². The minimum Gasteiger partial charge on any atom is -0.242 e. The number of halogens is 3. The first-order chi connectivity index (χ1) is 7.44. The summed E-state index contributed by atoms with van der Waals surface area (Å²) in [6, 6.07) is 5.07. The number of benzene rings is 1. The second-order valence-electron chi connectivity index (χ2n) is 3.33. The highest BCUT2D eigenvalue weighted by molar-refractivity contribution is 7.18. The van der Waals surface area contributed by atoms with Crippen molar-refractivity contribution < 1.29 is 13.2 Å². The van der Waals surface area contributed by atoms with Gasteiger partial charge in [-0.15, -0.1) is 11.3 Å². The van der Waals surface area contributed by atoms with Crippen LogP contribution in [0.25, 0.3) is 16.3 Å². The molecule has 0 spiro atoms. The number of hydrogen-bond donors (Lipinski definition) is 0. The molecule has 0 saturated heterocycles. The van der Waals surface area contributed by atoms with Crippen molar-refractivity contribution in [3.05, 3.63) is 34.8 Å². The van der Waals surface area contributed by atoms with Crippen molar-refractivity contribution in [3.8, 4) is 0 Å². The Morgan fingerprint density at radius 3 is 2.75 bits per heavy atom. The molecule has 0 radical (unpaired) electrons. The van der Waals surface area contributed by atoms with Crippen LogP contribution in [-0.2, 0) is 0 Å². The Balaban J connectivity index is 2.36. The van der Waals surface area contributed by atoms with Gasteiger partial charge in [-0.2, -0.15) is 13.2 Å². The van der Waals surface area contributed by atoms with Gasteiger partial charge in [0, 0.05) is 6.08 Å². The predicted molar refractivity (Wildman–Crippen MR) is 59.4 cm³/mol. The zero-order valence-electron chi connectivity index (χ0n) is 8.38. The van der Waals surface area contributed by atoms with E-state index in [1.165, 1.54) is 11.3 Å². The molecule has 0 atom stereocenters. The van der Waals surface area contributed by atoms with Crippen molar-refractivity contribution in [1.29, 1.82) is 0 Å². The fourth-order valence-corrected chi connectivity index (χ4v) is 2.23. The smallest absolute Gasteiger partial charge is 0.242 e. The lowest BCUT2D eigenvalue weighted by atomic mass is 10.2. The van der Waals surface area contributed by atoms with Crippen LogP contribution in [0.4, 0.5) is 13.2 Å². The van der Waals surface area contributed by atoms with E-state index < -0.39 is 6.18 Å². The van der Waals surface area contributed by atoms with Crippen molar-refractivity contribution in [3.63, 3.8) is 0 Å². The Morgan fingerprint density at radius 1 is 1.31 bits per heavy atom. The number of hydrogen-bond acceptors (Lipinski definition) is 2. The highest BCUT2D eigenvalue weighted by Crippen LogP contribution is 2.24. The summed E-state index contributed by atoms with van der Waals surface area (Å²) in [4.78, 5) is 4.24. The topological polar surface area (TPSA) is 12.9 Å². The summed E-state index contributed by atoms with van der Waals surface area (Å²) in [5.74, 6) is 0. The molecule has 0 N–H and O–H groups in total. The summed E-state index contributed by atoms with van der Waals surface area (Å²) < 4.78 is 36.8. The van der Waals surface area contributed by atoms with Gasteiger partial charge in [-0.25, -0.2) is 4.98 Å². The van der Waals surface area contributed by atoms with E-state index in [0.717, 1.165) is 21.3 Å². The Kier molecular flexibility index (Phi) is 2.71. The molecular formula is C11H8F3NS. The van der Waals surface area contributed by atoms with Crippen molar-refractivity contribution in [1.82, 2.24) is 4.98 Å². The van der Waals surface area contributed by atoms with Gasteiger partial charge >= 0.3 is 6.18 Å². The average Bonchev–Trinajstić information content (AvgIpc) is 2.52. The maximum atomic E-state index is 12.0. The average molecular weight is 243 g/mol. The van der Waals surface area contributed by atoms with Gasteiger partial charge in [-0.05, 0) is 24.6 Å². The van der Waals surface area contributed by atoms with Gasteiger partial charge in [0.05, 0.1) is 15.2 Å². The van der Waals surface area contributed by atoms with Crippen molar-refractivity contribution >= 4 is 27.6 Å². The van der Waals surface area contributed by atoms with E-state index in [1.54, 1.807) is 18.2 Å². The predicted octanol–water partition coefficient (Wildman–Crippen LogP) is 4.18. The fourth-order valence-electron chi connectivity index (χ4n) is 1.35. The molecule has 1 aromatic heterocycles. The maximum Gasteiger partial charge on any atom is 0.409 e. The summed E-state index contributed by atoms with van der Waals surface area (Å²) >= 11 is 1.47. The number of aryl methyl sites for hydroxylation is 1. The van der Waals surface area contributed by atoms with Gasteiger partial charge in [-0.1, -0.05) is 12.1 Å². The molecule has 1 nitrogen and oxygen atoms in total.